The molecule has 0 aliphatic heterocycles. The summed E-state index contributed by atoms with van der Waals surface area (Å²) in [6, 6.07) is 14.4. The quantitative estimate of drug-likeness (QED) is 0.787. The van der Waals surface area contributed by atoms with Gasteiger partial charge in [-0.05, 0) is 36.8 Å². The summed E-state index contributed by atoms with van der Waals surface area (Å²) >= 11 is 0. The molecule has 0 spiro atoms. The standard InChI is InChI=1S/C21H25N3O3/c1-15-5-4-6-18(13-15)21(27)23-12-11-19(25)24(3)14-16-7-9-17(10-8-16)20(26)22-2/h4-10,13H,11-12,14H2,1-3H3,(H,22,26)(H,23,27). The van der Waals surface area contributed by atoms with Crippen molar-refractivity contribution in [1.82, 2.24) is 15.5 Å². The third kappa shape index (κ3) is 5.95. The van der Waals surface area contributed by atoms with E-state index in [1.807, 2.05) is 37.3 Å². The van der Waals surface area contributed by atoms with Crippen molar-refractivity contribution >= 4 is 17.7 Å². The van der Waals surface area contributed by atoms with Gasteiger partial charge in [-0.15, -0.1) is 0 Å². The van der Waals surface area contributed by atoms with Crippen LogP contribution in [-0.4, -0.2) is 43.3 Å². The fraction of sp³-hybridized carbons (Fsp3) is 0.286. The molecule has 0 bridgehead atoms. The topological polar surface area (TPSA) is 78.5 Å². The summed E-state index contributed by atoms with van der Waals surface area (Å²) in [6.45, 7) is 2.65. The number of amides is 3. The number of hydrogen-bond acceptors (Lipinski definition) is 3. The lowest BCUT2D eigenvalue weighted by Gasteiger charge is -2.17. The average molecular weight is 367 g/mol. The maximum atomic E-state index is 12.3. The number of hydrogen-bond donors (Lipinski definition) is 2. The first-order valence-electron chi connectivity index (χ1n) is 8.80. The Morgan fingerprint density at radius 2 is 1.67 bits per heavy atom. The molecule has 142 valence electrons. The second-order valence-electron chi connectivity index (χ2n) is 6.40. The Balaban J connectivity index is 1.80. The van der Waals surface area contributed by atoms with E-state index in [2.05, 4.69) is 10.6 Å². The maximum absolute atomic E-state index is 12.3. The van der Waals surface area contributed by atoms with Crippen molar-refractivity contribution in [1.29, 1.82) is 0 Å². The molecule has 0 atom stereocenters. The molecular weight excluding hydrogens is 342 g/mol. The fourth-order valence-electron chi connectivity index (χ4n) is 2.63. The molecule has 2 aromatic carbocycles. The largest absolute Gasteiger partial charge is 0.355 e. The molecule has 2 N–H and O–H groups in total. The van der Waals surface area contributed by atoms with E-state index in [0.717, 1.165) is 11.1 Å². The van der Waals surface area contributed by atoms with Crippen LogP contribution in [0.2, 0.25) is 0 Å². The summed E-state index contributed by atoms with van der Waals surface area (Å²) in [5, 5.41) is 5.34. The number of aryl methyl sites for hydroxylation is 1. The van der Waals surface area contributed by atoms with Crippen molar-refractivity contribution in [3.8, 4) is 0 Å². The highest BCUT2D eigenvalue weighted by molar-refractivity contribution is 5.94. The van der Waals surface area contributed by atoms with Crippen LogP contribution < -0.4 is 10.6 Å². The molecule has 0 aliphatic rings. The second-order valence-corrected chi connectivity index (χ2v) is 6.40. The van der Waals surface area contributed by atoms with E-state index in [1.54, 1.807) is 37.2 Å². The molecule has 0 fully saturated rings. The Hall–Kier alpha value is -3.15. The molecular formula is C21H25N3O3. The lowest BCUT2D eigenvalue weighted by atomic mass is 10.1. The predicted octanol–water partition coefficient (Wildman–Crippen LogP) is 2.13. The van der Waals surface area contributed by atoms with Crippen LogP contribution in [0.1, 0.15) is 38.3 Å². The summed E-state index contributed by atoms with van der Waals surface area (Å²) in [7, 11) is 3.30. The van der Waals surface area contributed by atoms with Crippen LogP contribution in [0.5, 0.6) is 0 Å². The molecule has 0 radical (unpaired) electrons. The third-order valence-electron chi connectivity index (χ3n) is 4.19. The highest BCUT2D eigenvalue weighted by Gasteiger charge is 2.11. The van der Waals surface area contributed by atoms with E-state index in [1.165, 1.54) is 0 Å². The van der Waals surface area contributed by atoms with Gasteiger partial charge in [0, 0.05) is 44.7 Å². The average Bonchev–Trinajstić information content (AvgIpc) is 2.67. The SMILES string of the molecule is CNC(=O)c1ccc(CN(C)C(=O)CCNC(=O)c2cccc(C)c2)cc1. The minimum atomic E-state index is -0.182. The van der Waals surface area contributed by atoms with Crippen LogP contribution in [0.3, 0.4) is 0 Å². The highest BCUT2D eigenvalue weighted by Crippen LogP contribution is 2.08. The zero-order valence-corrected chi connectivity index (χ0v) is 15.9. The van der Waals surface area contributed by atoms with Gasteiger partial charge >= 0.3 is 0 Å². The number of nitrogens with zero attached hydrogens (tertiary/aromatic N) is 1. The van der Waals surface area contributed by atoms with Gasteiger partial charge in [0.2, 0.25) is 5.91 Å². The highest BCUT2D eigenvalue weighted by atomic mass is 16.2. The molecule has 2 aromatic rings. The zero-order valence-electron chi connectivity index (χ0n) is 15.9. The molecule has 0 saturated heterocycles. The number of carbonyl (C=O) groups is 3. The summed E-state index contributed by atoms with van der Waals surface area (Å²) in [5.41, 5.74) is 3.12. The van der Waals surface area contributed by atoms with Crippen LogP contribution in [0, 0.1) is 6.92 Å². The van der Waals surface area contributed by atoms with Crippen molar-refractivity contribution in [3.05, 3.63) is 70.8 Å². The smallest absolute Gasteiger partial charge is 0.251 e. The van der Waals surface area contributed by atoms with Crippen molar-refractivity contribution < 1.29 is 14.4 Å². The Morgan fingerprint density at radius 3 is 2.30 bits per heavy atom. The molecule has 0 heterocycles. The van der Waals surface area contributed by atoms with Gasteiger partial charge in [-0.2, -0.15) is 0 Å². The van der Waals surface area contributed by atoms with E-state index >= 15 is 0 Å². The summed E-state index contributed by atoms with van der Waals surface area (Å²) in [5.74, 6) is -0.385. The van der Waals surface area contributed by atoms with E-state index in [0.29, 0.717) is 17.7 Å². The molecule has 6 nitrogen and oxygen atoms in total. The number of carbonyl (C=O) groups excluding carboxylic acids is 3. The minimum absolute atomic E-state index is 0.0603. The normalized spacial score (nSPS) is 10.2. The van der Waals surface area contributed by atoms with Crippen LogP contribution >= 0.6 is 0 Å². The maximum Gasteiger partial charge on any atom is 0.251 e. The van der Waals surface area contributed by atoms with E-state index < -0.39 is 0 Å². The molecule has 0 unspecified atom stereocenters. The minimum Gasteiger partial charge on any atom is -0.355 e. The third-order valence-corrected chi connectivity index (χ3v) is 4.19. The zero-order chi connectivity index (χ0) is 19.8. The van der Waals surface area contributed by atoms with Gasteiger partial charge in [0.05, 0.1) is 0 Å². The van der Waals surface area contributed by atoms with Gasteiger partial charge in [0.1, 0.15) is 0 Å². The van der Waals surface area contributed by atoms with Crippen LogP contribution in [0.15, 0.2) is 48.5 Å². The monoisotopic (exact) mass is 367 g/mol. The van der Waals surface area contributed by atoms with Crippen molar-refractivity contribution in [2.75, 3.05) is 20.6 Å². The van der Waals surface area contributed by atoms with Crippen molar-refractivity contribution in [2.24, 2.45) is 0 Å². The number of nitrogens with one attached hydrogen (secondary N) is 2. The van der Waals surface area contributed by atoms with E-state index in [-0.39, 0.29) is 30.7 Å². The lowest BCUT2D eigenvalue weighted by Crippen LogP contribution is -2.31. The first-order chi connectivity index (χ1) is 12.9. The molecule has 0 aromatic heterocycles. The Morgan fingerprint density at radius 1 is 0.963 bits per heavy atom. The molecule has 0 saturated carbocycles. The van der Waals surface area contributed by atoms with Crippen LogP contribution in [-0.2, 0) is 11.3 Å². The fourth-order valence-corrected chi connectivity index (χ4v) is 2.63. The molecule has 2 rings (SSSR count). The van der Waals surface area contributed by atoms with Gasteiger partial charge < -0.3 is 15.5 Å². The van der Waals surface area contributed by atoms with Crippen LogP contribution in [0.4, 0.5) is 0 Å². The summed E-state index contributed by atoms with van der Waals surface area (Å²) in [4.78, 5) is 37.5. The number of benzene rings is 2. The molecule has 6 heteroatoms. The van der Waals surface area contributed by atoms with Crippen molar-refractivity contribution in [3.63, 3.8) is 0 Å². The lowest BCUT2D eigenvalue weighted by molar-refractivity contribution is -0.130. The predicted molar refractivity (Wildman–Crippen MR) is 104 cm³/mol. The molecule has 3 amide bonds. The number of rotatable bonds is 7. The Bertz CT molecular complexity index is 816. The first kappa shape index (κ1) is 20.2. The van der Waals surface area contributed by atoms with E-state index in [9.17, 15) is 14.4 Å². The molecule has 27 heavy (non-hydrogen) atoms. The van der Waals surface area contributed by atoms with Crippen LogP contribution in [0.25, 0.3) is 0 Å². The van der Waals surface area contributed by atoms with Gasteiger partial charge in [0.15, 0.2) is 0 Å². The Kier molecular flexibility index (Phi) is 7.11. The van der Waals surface area contributed by atoms with E-state index in [4.69, 9.17) is 0 Å². The first-order valence-corrected chi connectivity index (χ1v) is 8.80. The Labute approximate surface area is 159 Å². The van der Waals surface area contributed by atoms with Gasteiger partial charge in [-0.1, -0.05) is 29.8 Å². The molecule has 0 aliphatic carbocycles. The van der Waals surface area contributed by atoms with Gasteiger partial charge in [-0.25, -0.2) is 0 Å². The summed E-state index contributed by atoms with van der Waals surface area (Å²) in [6.07, 6.45) is 0.227. The summed E-state index contributed by atoms with van der Waals surface area (Å²) < 4.78 is 0. The second kappa shape index (κ2) is 9.52. The van der Waals surface area contributed by atoms with Gasteiger partial charge in [-0.3, -0.25) is 14.4 Å². The van der Waals surface area contributed by atoms with Crippen molar-refractivity contribution in [2.45, 2.75) is 19.9 Å². The van der Waals surface area contributed by atoms with Gasteiger partial charge in [0.25, 0.3) is 11.8 Å².